The molecule has 90 valence electrons. The van der Waals surface area contributed by atoms with E-state index in [2.05, 4.69) is 20.4 Å². The van der Waals surface area contributed by atoms with Crippen LogP contribution in [0.1, 0.15) is 6.92 Å². The van der Waals surface area contributed by atoms with E-state index in [1.807, 2.05) is 35.1 Å². The van der Waals surface area contributed by atoms with Crippen LogP contribution in [0, 0.1) is 0 Å². The second kappa shape index (κ2) is 7.38. The Labute approximate surface area is 90.8 Å². The molecule has 0 aliphatic carbocycles. The molecular formula is C8H21N5O2. The van der Waals surface area contributed by atoms with E-state index in [1.165, 1.54) is 4.90 Å². The molecule has 0 aromatic rings. The monoisotopic (exact) mass is 219 g/mol. The van der Waals surface area contributed by atoms with Crippen LogP contribution >= 0.6 is 0 Å². The van der Waals surface area contributed by atoms with Crippen LogP contribution in [0.5, 0.6) is 0 Å². The van der Waals surface area contributed by atoms with Crippen molar-refractivity contribution in [2.45, 2.75) is 13.0 Å². The van der Waals surface area contributed by atoms with Crippen molar-refractivity contribution in [3.05, 3.63) is 0 Å². The largest absolute Gasteiger partial charge is 0.636 e. The predicted octanol–water partition coefficient (Wildman–Crippen LogP) is -2.09. The molecule has 0 aromatic heterocycles. The Morgan fingerprint density at radius 1 is 1.40 bits per heavy atom. The van der Waals surface area contributed by atoms with Gasteiger partial charge in [0.1, 0.15) is 0 Å². The Bertz CT molecular complexity index is 186. The number of nitrogens with one attached hydrogen (secondary N) is 1. The van der Waals surface area contributed by atoms with Crippen LogP contribution in [0.2, 0.25) is 0 Å². The maximum Gasteiger partial charge on any atom is 0.170 e. The molecule has 15 heavy (non-hydrogen) atoms. The van der Waals surface area contributed by atoms with Gasteiger partial charge in [0.2, 0.25) is 0 Å². The number of hydrogen-bond acceptors (Lipinski definition) is 5. The average Bonchev–Trinajstić information content (AvgIpc) is 2.10. The van der Waals surface area contributed by atoms with Gasteiger partial charge >= 0.3 is 0 Å². The van der Waals surface area contributed by atoms with Crippen LogP contribution in [0.15, 0.2) is 10.5 Å². The molecule has 7 nitrogen and oxygen atoms in total. The van der Waals surface area contributed by atoms with Crippen molar-refractivity contribution in [2.75, 3.05) is 41.4 Å². The molecule has 0 aliphatic heterocycles. The highest BCUT2D eigenvalue weighted by Crippen LogP contribution is 1.99. The van der Waals surface area contributed by atoms with E-state index in [0.29, 0.717) is 6.67 Å². The summed E-state index contributed by atoms with van der Waals surface area (Å²) in [7, 11) is 7.97. The SMILES string of the molecule is CC(CN(C)C)N(C[NH+](C)C)/N=N/O[O-]. The van der Waals surface area contributed by atoms with Gasteiger partial charge in [0, 0.05) is 11.8 Å². The molecule has 0 aliphatic rings. The van der Waals surface area contributed by atoms with E-state index in [0.717, 1.165) is 6.54 Å². The van der Waals surface area contributed by atoms with E-state index >= 15 is 0 Å². The summed E-state index contributed by atoms with van der Waals surface area (Å²) in [6, 6.07) is 0.175. The highest BCUT2D eigenvalue weighted by molar-refractivity contribution is 4.62. The quantitative estimate of drug-likeness (QED) is 0.231. The lowest BCUT2D eigenvalue weighted by Crippen LogP contribution is -3.07. The Kier molecular flexibility index (Phi) is 6.93. The minimum absolute atomic E-state index is 0.175. The van der Waals surface area contributed by atoms with Gasteiger partial charge in [0.05, 0.1) is 20.1 Å². The molecule has 7 heteroatoms. The lowest BCUT2D eigenvalue weighted by molar-refractivity contribution is -0.870. The van der Waals surface area contributed by atoms with Crippen molar-refractivity contribution in [2.24, 2.45) is 10.5 Å². The highest BCUT2D eigenvalue weighted by atomic mass is 17.2. The third kappa shape index (κ3) is 7.06. The molecule has 0 aromatic carbocycles. The van der Waals surface area contributed by atoms with E-state index in [1.54, 1.807) is 5.01 Å². The maximum atomic E-state index is 9.76. The van der Waals surface area contributed by atoms with Crippen molar-refractivity contribution in [3.8, 4) is 0 Å². The third-order valence-electron chi connectivity index (χ3n) is 1.80. The van der Waals surface area contributed by atoms with Gasteiger partial charge in [-0.05, 0) is 26.2 Å². The number of hydrogen-bond donors (Lipinski definition) is 1. The lowest BCUT2D eigenvalue weighted by atomic mass is 10.3. The van der Waals surface area contributed by atoms with Crippen LogP contribution in [-0.4, -0.2) is 57.4 Å². The highest BCUT2D eigenvalue weighted by Gasteiger charge is 2.15. The fraction of sp³-hybridized carbons (Fsp3) is 1.00. The second-order valence-corrected chi connectivity index (χ2v) is 4.16. The number of nitrogens with zero attached hydrogens (tertiary/aromatic N) is 4. The maximum absolute atomic E-state index is 9.76. The van der Waals surface area contributed by atoms with Gasteiger partial charge in [-0.2, -0.15) is 0 Å². The summed E-state index contributed by atoms with van der Waals surface area (Å²) in [6.45, 7) is 3.53. The first kappa shape index (κ1) is 14.1. The lowest BCUT2D eigenvalue weighted by Gasteiger charge is -2.27. The van der Waals surface area contributed by atoms with Crippen molar-refractivity contribution >= 4 is 0 Å². The summed E-state index contributed by atoms with van der Waals surface area (Å²) >= 11 is 0. The molecular weight excluding hydrogens is 198 g/mol. The van der Waals surface area contributed by atoms with E-state index < -0.39 is 0 Å². The van der Waals surface area contributed by atoms with Gasteiger partial charge in [0.15, 0.2) is 6.67 Å². The molecule has 1 atom stereocenters. The Morgan fingerprint density at radius 3 is 2.40 bits per heavy atom. The molecule has 1 unspecified atom stereocenters. The number of rotatable bonds is 7. The van der Waals surface area contributed by atoms with Crippen LogP contribution < -0.4 is 10.2 Å². The first-order valence-corrected chi connectivity index (χ1v) is 4.87. The normalized spacial score (nSPS) is 13.9. The standard InChI is InChI=1S/C8H21N5O2/c1-8(6-11(2)3)13(7-12(4)5)9-10-15-14/h8,14H,6-7H2,1-5H3/b10-9+. The average molecular weight is 219 g/mol. The zero-order valence-corrected chi connectivity index (χ0v) is 10.1. The van der Waals surface area contributed by atoms with Gasteiger partial charge in [-0.1, -0.05) is 0 Å². The molecule has 0 heterocycles. The molecule has 0 saturated carbocycles. The van der Waals surface area contributed by atoms with Crippen LogP contribution in [0.25, 0.3) is 0 Å². The topological polar surface area (TPSA) is 67.9 Å². The Balaban J connectivity index is 4.26. The summed E-state index contributed by atoms with van der Waals surface area (Å²) in [5.74, 6) is 0. The van der Waals surface area contributed by atoms with E-state index in [4.69, 9.17) is 0 Å². The van der Waals surface area contributed by atoms with Gasteiger partial charge < -0.3 is 20.0 Å². The van der Waals surface area contributed by atoms with Crippen LogP contribution in [-0.2, 0) is 4.99 Å². The molecule has 0 spiro atoms. The molecule has 0 bridgehead atoms. The number of quaternary nitrogens is 1. The summed E-state index contributed by atoms with van der Waals surface area (Å²) in [4.78, 5) is 6.60. The zero-order chi connectivity index (χ0) is 11.8. The smallest absolute Gasteiger partial charge is 0.170 e. The Morgan fingerprint density at radius 2 is 2.00 bits per heavy atom. The van der Waals surface area contributed by atoms with Crippen molar-refractivity contribution in [1.29, 1.82) is 0 Å². The molecule has 0 amide bonds. The molecule has 0 fully saturated rings. The van der Waals surface area contributed by atoms with Gasteiger partial charge in [-0.25, -0.2) is 5.01 Å². The van der Waals surface area contributed by atoms with Gasteiger partial charge in [-0.15, -0.1) is 0 Å². The predicted molar refractivity (Wildman–Crippen MR) is 53.5 cm³/mol. The van der Waals surface area contributed by atoms with Crippen molar-refractivity contribution in [1.82, 2.24) is 9.91 Å². The minimum atomic E-state index is 0.175. The zero-order valence-electron chi connectivity index (χ0n) is 10.1. The van der Waals surface area contributed by atoms with Gasteiger partial charge in [-0.3, -0.25) is 0 Å². The van der Waals surface area contributed by atoms with Crippen molar-refractivity contribution < 1.29 is 15.1 Å². The first-order chi connectivity index (χ1) is 6.97. The molecule has 0 saturated heterocycles. The van der Waals surface area contributed by atoms with E-state index in [-0.39, 0.29) is 6.04 Å². The molecule has 1 N–H and O–H groups in total. The summed E-state index contributed by atoms with van der Waals surface area (Å²) < 4.78 is 0. The Hall–Kier alpha value is -0.920. The van der Waals surface area contributed by atoms with Gasteiger partial charge in [0.25, 0.3) is 0 Å². The molecule has 0 radical (unpaired) electrons. The fourth-order valence-corrected chi connectivity index (χ4v) is 1.28. The van der Waals surface area contributed by atoms with Crippen molar-refractivity contribution in [3.63, 3.8) is 0 Å². The second-order valence-electron chi connectivity index (χ2n) is 4.16. The third-order valence-corrected chi connectivity index (χ3v) is 1.80. The number of likely N-dealkylation sites (N-methyl/N-ethyl adjacent to an activating group) is 1. The first-order valence-electron chi connectivity index (χ1n) is 4.87. The van der Waals surface area contributed by atoms with Crippen LogP contribution in [0.4, 0.5) is 0 Å². The summed E-state index contributed by atoms with van der Waals surface area (Å²) in [5.41, 5.74) is 0. The molecule has 0 rings (SSSR count). The minimum Gasteiger partial charge on any atom is -0.636 e. The summed E-state index contributed by atoms with van der Waals surface area (Å²) in [6.07, 6.45) is 0. The fourth-order valence-electron chi connectivity index (χ4n) is 1.28. The van der Waals surface area contributed by atoms with Crippen LogP contribution in [0.3, 0.4) is 0 Å². The summed E-state index contributed by atoms with van der Waals surface area (Å²) in [5, 5.41) is 18.2. The van der Waals surface area contributed by atoms with E-state index in [9.17, 15) is 5.26 Å².